The van der Waals surface area contributed by atoms with Crippen LogP contribution >= 0.6 is 0 Å². The first-order valence-corrected chi connectivity index (χ1v) is 18.4. The van der Waals surface area contributed by atoms with Crippen LogP contribution in [0.25, 0.3) is 66.1 Å². The first kappa shape index (κ1) is 32.8. The molecule has 0 amide bonds. The van der Waals surface area contributed by atoms with Gasteiger partial charge < -0.3 is 9.32 Å². The molecule has 0 aliphatic rings. The van der Waals surface area contributed by atoms with Crippen molar-refractivity contribution in [3.63, 3.8) is 0 Å². The Kier molecular flexibility index (Phi) is 8.16. The number of anilines is 3. The van der Waals surface area contributed by atoms with Crippen LogP contribution in [0, 0.1) is 0 Å². The summed E-state index contributed by atoms with van der Waals surface area (Å²) in [5, 5.41) is 4.83. The van der Waals surface area contributed by atoms with Crippen molar-refractivity contribution in [2.75, 3.05) is 4.90 Å². The van der Waals surface area contributed by atoms with E-state index in [9.17, 15) is 0 Å². The zero-order chi connectivity index (χ0) is 36.2. The number of furan rings is 1. The Morgan fingerprint density at radius 1 is 0.358 bits per heavy atom. The molecule has 0 saturated carbocycles. The van der Waals surface area contributed by atoms with Gasteiger partial charge in [0.15, 0.2) is 0 Å². The lowest BCUT2D eigenvalue weighted by molar-refractivity contribution is 0.670. The number of fused-ring (bicyclic) bond motifs is 4. The van der Waals surface area contributed by atoms with Crippen molar-refractivity contribution in [3.8, 4) is 33.4 Å². The minimum atomic E-state index is 0.915. The molecule has 2 nitrogen and oxygen atoms in total. The summed E-state index contributed by atoms with van der Waals surface area (Å²) in [5.41, 5.74) is 19.1. The van der Waals surface area contributed by atoms with Crippen LogP contribution < -0.4 is 32.2 Å². The lowest BCUT2D eigenvalue weighted by Crippen LogP contribution is -2.56. The molecule has 8 aromatic carbocycles. The van der Waals surface area contributed by atoms with Crippen molar-refractivity contribution >= 4 is 116 Å². The summed E-state index contributed by atoms with van der Waals surface area (Å²) in [7, 11) is 11.3. The number of para-hydroxylation sites is 2. The average Bonchev–Trinajstić information content (AvgIpc) is 3.60. The van der Waals surface area contributed by atoms with Crippen molar-refractivity contribution in [3.05, 3.63) is 158 Å². The van der Waals surface area contributed by atoms with Crippen LogP contribution in [0.5, 0.6) is 0 Å². The van der Waals surface area contributed by atoms with Gasteiger partial charge in [0.25, 0.3) is 0 Å². The smallest absolute Gasteiger partial charge is 0.143 e. The van der Waals surface area contributed by atoms with Gasteiger partial charge in [0.1, 0.15) is 50.4 Å². The molecular weight excluding hydrogens is 637 g/mol. The van der Waals surface area contributed by atoms with Crippen molar-refractivity contribution < 1.29 is 4.42 Å². The monoisotopic (exact) mass is 673 g/mol. The predicted octanol–water partition coefficient (Wildman–Crippen LogP) is 4.50. The maximum atomic E-state index is 6.41. The summed E-state index contributed by atoms with van der Waals surface area (Å²) < 4.78 is 6.41. The van der Waals surface area contributed by atoms with Gasteiger partial charge in [0, 0.05) is 33.4 Å². The van der Waals surface area contributed by atoms with Crippen molar-refractivity contribution in [1.29, 1.82) is 0 Å². The molecule has 0 aliphatic carbocycles. The van der Waals surface area contributed by atoms with Crippen LogP contribution in [0.2, 0.25) is 0 Å². The van der Waals surface area contributed by atoms with Crippen LogP contribution in [0.4, 0.5) is 17.1 Å². The lowest BCUT2D eigenvalue weighted by Gasteiger charge is -2.32. The molecule has 1 heterocycles. The van der Waals surface area contributed by atoms with Gasteiger partial charge in [-0.15, -0.1) is 5.46 Å². The number of nitrogens with zero attached hydrogens (tertiary/aromatic N) is 1. The highest BCUT2D eigenvalue weighted by atomic mass is 16.3. The van der Waals surface area contributed by atoms with E-state index >= 15 is 0 Å². The van der Waals surface area contributed by atoms with Gasteiger partial charge in [0.2, 0.25) is 0 Å². The van der Waals surface area contributed by atoms with Crippen LogP contribution in [0.15, 0.2) is 162 Å². The second-order valence-electron chi connectivity index (χ2n) is 14.3. The zero-order valence-electron chi connectivity index (χ0n) is 30.9. The molecule has 0 aliphatic heterocycles. The van der Waals surface area contributed by atoms with Crippen molar-refractivity contribution in [2.24, 2.45) is 0 Å². The fourth-order valence-electron chi connectivity index (χ4n) is 8.11. The molecule has 9 rings (SSSR count). The van der Waals surface area contributed by atoms with E-state index in [-0.39, 0.29) is 0 Å². The molecule has 0 N–H and O–H groups in total. The molecule has 0 saturated heterocycles. The number of benzene rings is 8. The lowest BCUT2D eigenvalue weighted by atomic mass is 9.61. The number of hydrogen-bond acceptors (Lipinski definition) is 2. The van der Waals surface area contributed by atoms with Crippen molar-refractivity contribution in [2.45, 2.75) is 0 Å². The van der Waals surface area contributed by atoms with Gasteiger partial charge in [-0.1, -0.05) is 149 Å². The summed E-state index contributed by atoms with van der Waals surface area (Å²) in [6.07, 6.45) is 0. The van der Waals surface area contributed by atoms with E-state index in [1.807, 2.05) is 12.1 Å². The predicted molar refractivity (Wildman–Crippen MR) is 243 cm³/mol. The molecule has 0 radical (unpaired) electrons. The Morgan fingerprint density at radius 2 is 0.811 bits per heavy atom. The molecule has 0 fully saturated rings. The minimum absolute atomic E-state index is 0.915. The Balaban J connectivity index is 1.10. The number of rotatable bonds is 6. The highest BCUT2D eigenvalue weighted by Gasteiger charge is 2.21. The minimum Gasteiger partial charge on any atom is -0.455 e. The van der Waals surface area contributed by atoms with Crippen molar-refractivity contribution in [1.82, 2.24) is 0 Å². The third-order valence-corrected chi connectivity index (χ3v) is 11.5. The fraction of sp³-hybridized carbons (Fsp3) is 0. The first-order valence-electron chi connectivity index (χ1n) is 18.4. The Hall–Kier alpha value is -6.06. The highest BCUT2D eigenvalue weighted by molar-refractivity contribution is 6.69. The molecule has 53 heavy (non-hydrogen) atoms. The quantitative estimate of drug-likeness (QED) is 0.242. The molecule has 0 spiro atoms. The van der Waals surface area contributed by atoms with Gasteiger partial charge in [0.05, 0.1) is 0 Å². The normalized spacial score (nSPS) is 11.4. The Labute approximate surface area is 315 Å². The van der Waals surface area contributed by atoms with E-state index < -0.39 is 0 Å². The van der Waals surface area contributed by atoms with E-state index in [1.54, 1.807) is 0 Å². The average molecular weight is 673 g/mol. The largest absolute Gasteiger partial charge is 0.455 e. The first-order chi connectivity index (χ1) is 25.9. The molecular formula is C46H36B5NO. The molecule has 0 bridgehead atoms. The second kappa shape index (κ2) is 13.2. The summed E-state index contributed by atoms with van der Waals surface area (Å²) in [4.78, 5) is 2.43. The van der Waals surface area contributed by atoms with Gasteiger partial charge in [-0.3, -0.25) is 0 Å². The van der Waals surface area contributed by atoms with Gasteiger partial charge in [-0.05, 0) is 68.9 Å². The molecule has 0 atom stereocenters. The van der Waals surface area contributed by atoms with E-state index in [1.165, 1.54) is 66.0 Å². The topological polar surface area (TPSA) is 16.4 Å². The third kappa shape index (κ3) is 5.59. The maximum absolute atomic E-state index is 6.41. The van der Waals surface area contributed by atoms with Crippen LogP contribution in [0.3, 0.4) is 0 Å². The Morgan fingerprint density at radius 3 is 1.49 bits per heavy atom. The SMILES string of the molecule is Bc1c(B)c(B)c(N(c2ccc(-c3ccc(-c4cccc5ccccc45)cc3)cc2)c2ccc(-c3cccc4c3oc3ccccc34)cc2)c(B)c1B. The molecule has 0 unspecified atom stereocenters. The number of hydrogen-bond donors (Lipinski definition) is 0. The summed E-state index contributed by atoms with van der Waals surface area (Å²) >= 11 is 0. The molecule has 9 aromatic rings. The van der Waals surface area contributed by atoms with E-state index in [0.717, 1.165) is 44.4 Å². The molecule has 246 valence electrons. The highest BCUT2D eigenvalue weighted by Crippen LogP contribution is 2.39. The van der Waals surface area contributed by atoms with Crippen LogP contribution in [-0.2, 0) is 0 Å². The van der Waals surface area contributed by atoms with E-state index in [0.29, 0.717) is 0 Å². The molecule has 7 heteroatoms. The standard InChI is InChI=1S/C46H36B5NO/c47-40-41(48)43(50)45(44(51)42(40)49)52(33-25-21-31(22-26-33)36-12-6-13-38-37-10-3-4-14-39(37)53-46(36)38)32-23-19-28(20-24-32)27-15-17-30(18-16-27)35-11-5-8-29-7-1-2-9-34(29)35/h1-26H,47-51H2. The summed E-state index contributed by atoms with van der Waals surface area (Å²) in [6, 6.07) is 56.8. The maximum Gasteiger partial charge on any atom is 0.143 e. The summed E-state index contributed by atoms with van der Waals surface area (Å²) in [6.45, 7) is 0. The van der Waals surface area contributed by atoms with E-state index in [4.69, 9.17) is 4.42 Å². The Bertz CT molecular complexity index is 2790. The molecule has 1 aromatic heterocycles. The zero-order valence-corrected chi connectivity index (χ0v) is 30.9. The third-order valence-electron chi connectivity index (χ3n) is 11.5. The van der Waals surface area contributed by atoms with E-state index in [2.05, 4.69) is 190 Å². The van der Waals surface area contributed by atoms with Gasteiger partial charge >= 0.3 is 0 Å². The summed E-state index contributed by atoms with van der Waals surface area (Å²) in [5.74, 6) is 0. The van der Waals surface area contributed by atoms with Gasteiger partial charge in [-0.2, -0.15) is 0 Å². The second-order valence-corrected chi connectivity index (χ2v) is 14.3. The van der Waals surface area contributed by atoms with Crippen LogP contribution in [-0.4, -0.2) is 39.2 Å². The van der Waals surface area contributed by atoms with Crippen LogP contribution in [0.1, 0.15) is 0 Å². The van der Waals surface area contributed by atoms with Gasteiger partial charge in [-0.25, -0.2) is 0 Å². The fourth-order valence-corrected chi connectivity index (χ4v) is 8.11.